The molecule has 2 nitrogen and oxygen atoms in total. The summed E-state index contributed by atoms with van der Waals surface area (Å²) in [5, 5.41) is 4.36. The zero-order chi connectivity index (χ0) is 14.2. The number of amides is 1. The molecule has 1 aromatic rings. The molecule has 1 saturated heterocycles. The van der Waals surface area contributed by atoms with Crippen LogP contribution < -0.4 is 5.32 Å². The Balaban J connectivity index is 1.58. The second kappa shape index (κ2) is 9.13. The molecule has 1 fully saturated rings. The van der Waals surface area contributed by atoms with Crippen LogP contribution in [0.15, 0.2) is 24.3 Å². The normalized spacial score (nSPS) is 18.8. The summed E-state index contributed by atoms with van der Waals surface area (Å²) in [4.78, 5) is 11.8. The third-order valence-electron chi connectivity index (χ3n) is 2.83. The predicted molar refractivity (Wildman–Crippen MR) is 94.2 cm³/mol. The Morgan fingerprint density at radius 1 is 1.35 bits per heavy atom. The van der Waals surface area contributed by atoms with Crippen LogP contribution in [-0.2, 0) is 10.5 Å². The van der Waals surface area contributed by atoms with Gasteiger partial charge in [0.15, 0.2) is 0 Å². The van der Waals surface area contributed by atoms with E-state index in [0.29, 0.717) is 11.0 Å². The Bertz CT molecular complexity index is 421. The quantitative estimate of drug-likeness (QED) is 0.852. The number of carbonyl (C=O) groups excluding carboxylic acids is 1. The van der Waals surface area contributed by atoms with Crippen molar-refractivity contribution in [1.29, 1.82) is 0 Å². The maximum absolute atomic E-state index is 11.8. The van der Waals surface area contributed by atoms with E-state index < -0.39 is 0 Å². The lowest BCUT2D eigenvalue weighted by atomic mass is 10.2. The van der Waals surface area contributed by atoms with Gasteiger partial charge in [-0.05, 0) is 17.7 Å². The second-order valence-corrected chi connectivity index (χ2v) is 8.47. The van der Waals surface area contributed by atoms with Crippen molar-refractivity contribution in [1.82, 2.24) is 5.32 Å². The highest BCUT2D eigenvalue weighted by atomic mass is 35.5. The lowest BCUT2D eigenvalue weighted by molar-refractivity contribution is -0.118. The Morgan fingerprint density at radius 2 is 2.15 bits per heavy atom. The second-order valence-electron chi connectivity index (χ2n) is 4.49. The molecule has 0 saturated carbocycles. The molecule has 1 amide bonds. The summed E-state index contributed by atoms with van der Waals surface area (Å²) in [6.07, 6.45) is 0. The van der Waals surface area contributed by atoms with Crippen molar-refractivity contribution in [3.8, 4) is 0 Å². The molecule has 110 valence electrons. The zero-order valence-corrected chi connectivity index (χ0v) is 14.3. The maximum atomic E-state index is 11.8. The Morgan fingerprint density at radius 3 is 2.85 bits per heavy atom. The number of halogens is 1. The number of thioether (sulfide) groups is 3. The third kappa shape index (κ3) is 6.20. The first-order valence-corrected chi connectivity index (χ1v) is 10.3. The van der Waals surface area contributed by atoms with Gasteiger partial charge in [0, 0.05) is 39.8 Å². The summed E-state index contributed by atoms with van der Waals surface area (Å²) in [7, 11) is 0. The fourth-order valence-electron chi connectivity index (χ4n) is 1.78. The van der Waals surface area contributed by atoms with Gasteiger partial charge >= 0.3 is 0 Å². The first kappa shape index (κ1) is 16.4. The molecule has 6 heteroatoms. The summed E-state index contributed by atoms with van der Waals surface area (Å²) in [6.45, 7) is 0.804. The monoisotopic (exact) mass is 347 g/mol. The maximum Gasteiger partial charge on any atom is 0.230 e. The third-order valence-corrected chi connectivity index (χ3v) is 6.93. The molecule has 0 aromatic heterocycles. The van der Waals surface area contributed by atoms with Gasteiger partial charge in [0.25, 0.3) is 0 Å². The Hall–Kier alpha value is 0.0300. The molecule has 1 aromatic carbocycles. The molecular weight excluding hydrogens is 330 g/mol. The van der Waals surface area contributed by atoms with Crippen molar-refractivity contribution in [2.24, 2.45) is 0 Å². The highest BCUT2D eigenvalue weighted by Gasteiger charge is 2.14. The first-order chi connectivity index (χ1) is 9.74. The number of rotatable bonds is 6. The van der Waals surface area contributed by atoms with Gasteiger partial charge in [0.05, 0.1) is 5.75 Å². The fourth-order valence-corrected chi connectivity index (χ4v) is 5.33. The van der Waals surface area contributed by atoms with Gasteiger partial charge in [-0.2, -0.15) is 23.5 Å². The number of hydrogen-bond donors (Lipinski definition) is 1. The van der Waals surface area contributed by atoms with Gasteiger partial charge in [0.2, 0.25) is 5.91 Å². The lowest BCUT2D eigenvalue weighted by Crippen LogP contribution is -2.34. The average Bonchev–Trinajstić information content (AvgIpc) is 2.48. The van der Waals surface area contributed by atoms with Crippen LogP contribution in [0.25, 0.3) is 0 Å². The van der Waals surface area contributed by atoms with E-state index in [4.69, 9.17) is 11.6 Å². The van der Waals surface area contributed by atoms with Crippen LogP contribution >= 0.6 is 46.9 Å². The number of nitrogens with one attached hydrogen (secondary N) is 1. The molecule has 20 heavy (non-hydrogen) atoms. The SMILES string of the molecule is O=C(CSCc1ccc(Cl)cc1)NCC1CSCCS1. The molecule has 1 unspecified atom stereocenters. The minimum atomic E-state index is 0.139. The van der Waals surface area contributed by atoms with Crippen molar-refractivity contribution in [3.05, 3.63) is 34.9 Å². The van der Waals surface area contributed by atoms with Crippen LogP contribution in [0.4, 0.5) is 0 Å². The van der Waals surface area contributed by atoms with E-state index in [9.17, 15) is 4.79 Å². The Labute approximate surface area is 138 Å². The van der Waals surface area contributed by atoms with E-state index in [1.165, 1.54) is 17.1 Å². The molecular formula is C14H18ClNOS3. The van der Waals surface area contributed by atoms with Crippen LogP contribution in [0.5, 0.6) is 0 Å². The topological polar surface area (TPSA) is 29.1 Å². The first-order valence-electron chi connectivity index (χ1n) is 6.52. The van der Waals surface area contributed by atoms with E-state index in [1.54, 1.807) is 11.8 Å². The molecule has 1 aliphatic rings. The highest BCUT2D eigenvalue weighted by Crippen LogP contribution is 2.23. The van der Waals surface area contributed by atoms with E-state index in [-0.39, 0.29) is 5.91 Å². The van der Waals surface area contributed by atoms with Gasteiger partial charge in [-0.25, -0.2) is 0 Å². The van der Waals surface area contributed by atoms with Crippen molar-refractivity contribution in [3.63, 3.8) is 0 Å². The van der Waals surface area contributed by atoms with Crippen molar-refractivity contribution in [2.75, 3.05) is 29.6 Å². The van der Waals surface area contributed by atoms with Crippen LogP contribution in [0, 0.1) is 0 Å². The van der Waals surface area contributed by atoms with E-state index in [1.807, 2.05) is 47.8 Å². The van der Waals surface area contributed by atoms with Gasteiger partial charge in [-0.3, -0.25) is 4.79 Å². The molecule has 1 heterocycles. The number of benzene rings is 1. The van der Waals surface area contributed by atoms with Crippen LogP contribution in [0.2, 0.25) is 5.02 Å². The predicted octanol–water partition coefficient (Wildman–Crippen LogP) is 3.54. The number of carbonyl (C=O) groups is 1. The molecule has 1 atom stereocenters. The van der Waals surface area contributed by atoms with Gasteiger partial charge in [-0.1, -0.05) is 23.7 Å². The van der Waals surface area contributed by atoms with Crippen LogP contribution in [0.1, 0.15) is 5.56 Å². The summed E-state index contributed by atoms with van der Waals surface area (Å²) < 4.78 is 0. The summed E-state index contributed by atoms with van der Waals surface area (Å²) >= 11 is 11.4. The van der Waals surface area contributed by atoms with Gasteiger partial charge < -0.3 is 5.32 Å². The van der Waals surface area contributed by atoms with E-state index in [0.717, 1.165) is 23.1 Å². The number of hydrogen-bond acceptors (Lipinski definition) is 4. The van der Waals surface area contributed by atoms with E-state index >= 15 is 0 Å². The zero-order valence-electron chi connectivity index (χ0n) is 11.1. The van der Waals surface area contributed by atoms with E-state index in [2.05, 4.69) is 5.32 Å². The molecule has 0 aliphatic carbocycles. The van der Waals surface area contributed by atoms with Crippen LogP contribution in [0.3, 0.4) is 0 Å². The highest BCUT2D eigenvalue weighted by molar-refractivity contribution is 8.06. The molecule has 0 bridgehead atoms. The van der Waals surface area contributed by atoms with Gasteiger partial charge in [-0.15, -0.1) is 11.8 Å². The molecule has 1 aliphatic heterocycles. The molecule has 0 spiro atoms. The largest absolute Gasteiger partial charge is 0.354 e. The summed E-state index contributed by atoms with van der Waals surface area (Å²) in [6, 6.07) is 7.78. The minimum absolute atomic E-state index is 0.139. The van der Waals surface area contributed by atoms with Crippen LogP contribution in [-0.4, -0.2) is 40.7 Å². The lowest BCUT2D eigenvalue weighted by Gasteiger charge is -2.21. The van der Waals surface area contributed by atoms with Crippen molar-refractivity contribution >= 4 is 52.8 Å². The summed E-state index contributed by atoms with van der Waals surface area (Å²) in [5.74, 6) is 5.11. The molecule has 2 rings (SSSR count). The average molecular weight is 348 g/mol. The van der Waals surface area contributed by atoms with Gasteiger partial charge in [0.1, 0.15) is 0 Å². The molecule has 0 radical (unpaired) electrons. The Kier molecular flexibility index (Phi) is 7.49. The fraction of sp³-hybridized carbons (Fsp3) is 0.500. The smallest absolute Gasteiger partial charge is 0.230 e. The van der Waals surface area contributed by atoms with Crippen molar-refractivity contribution < 1.29 is 4.79 Å². The standard InChI is InChI=1S/C14H18ClNOS3/c15-12-3-1-11(2-4-12)8-19-10-14(17)16-7-13-9-18-5-6-20-13/h1-4,13H,5-10H2,(H,16,17). The minimum Gasteiger partial charge on any atom is -0.354 e. The molecule has 1 N–H and O–H groups in total. The van der Waals surface area contributed by atoms with Crippen molar-refractivity contribution in [2.45, 2.75) is 11.0 Å². The summed E-state index contributed by atoms with van der Waals surface area (Å²) in [5.41, 5.74) is 1.20.